The Morgan fingerprint density at radius 3 is 2.28 bits per heavy atom. The van der Waals surface area contributed by atoms with Crippen LogP contribution < -0.4 is 0 Å². The molecule has 1 fully saturated rings. The Kier molecular flexibility index (Phi) is 3.31. The van der Waals surface area contributed by atoms with E-state index in [0.29, 0.717) is 0 Å². The van der Waals surface area contributed by atoms with Gasteiger partial charge in [0.2, 0.25) is 0 Å². The Morgan fingerprint density at radius 2 is 1.83 bits per heavy atom. The van der Waals surface area contributed by atoms with Gasteiger partial charge in [-0.2, -0.15) is 17.0 Å². The fraction of sp³-hybridized carbons (Fsp3) is 0.385. The third-order valence-electron chi connectivity index (χ3n) is 3.13. The number of rotatable bonds is 4. The minimum Gasteiger partial charge on any atom is -0.195 e. The molecule has 1 aliphatic heterocycles. The Morgan fingerprint density at radius 1 is 1.28 bits per heavy atom. The van der Waals surface area contributed by atoms with Crippen LogP contribution >= 0.6 is 0 Å². The molecule has 98 valence electrons. The molecule has 0 bridgehead atoms. The maximum Gasteiger partial charge on any atom is 0.282 e. The Labute approximate surface area is 109 Å². The molecule has 1 saturated heterocycles. The van der Waals surface area contributed by atoms with Crippen LogP contribution in [0.3, 0.4) is 0 Å². The van der Waals surface area contributed by atoms with Gasteiger partial charge >= 0.3 is 0 Å². The molecular weight excluding hydrogens is 248 g/mol. The van der Waals surface area contributed by atoms with E-state index in [1.54, 1.807) is 14.1 Å². The van der Waals surface area contributed by atoms with Gasteiger partial charge < -0.3 is 0 Å². The first-order valence-electron chi connectivity index (χ1n) is 5.78. The summed E-state index contributed by atoms with van der Waals surface area (Å²) in [4.78, 5) is 0. The van der Waals surface area contributed by atoms with Gasteiger partial charge in [-0.1, -0.05) is 42.5 Å². The standard InChI is InChI=1S/C13H18N2O2S/c1-10(2)12-13(11-8-6-5-7-9-11)15(12)18(16,17)14(3)4/h5-9,12-13H,1H2,2-4H3. The van der Waals surface area contributed by atoms with Gasteiger partial charge in [0.25, 0.3) is 10.2 Å². The highest BCUT2D eigenvalue weighted by Crippen LogP contribution is 2.49. The summed E-state index contributed by atoms with van der Waals surface area (Å²) in [5, 5.41) is 0. The van der Waals surface area contributed by atoms with Crippen LogP contribution in [0.2, 0.25) is 0 Å². The minimum absolute atomic E-state index is 0.115. The molecule has 2 rings (SSSR count). The van der Waals surface area contributed by atoms with Gasteiger partial charge in [-0.15, -0.1) is 0 Å². The zero-order chi connectivity index (χ0) is 13.5. The van der Waals surface area contributed by atoms with Crippen molar-refractivity contribution in [2.24, 2.45) is 0 Å². The Balaban J connectivity index is 2.36. The largest absolute Gasteiger partial charge is 0.282 e. The van der Waals surface area contributed by atoms with E-state index < -0.39 is 10.2 Å². The third kappa shape index (κ3) is 2.09. The van der Waals surface area contributed by atoms with Crippen LogP contribution in [0, 0.1) is 0 Å². The second-order valence-corrected chi connectivity index (χ2v) is 6.81. The van der Waals surface area contributed by atoms with E-state index in [1.807, 2.05) is 37.3 Å². The molecule has 3 atom stereocenters. The van der Waals surface area contributed by atoms with Gasteiger partial charge in [-0.25, -0.2) is 0 Å². The van der Waals surface area contributed by atoms with Crippen molar-refractivity contribution in [2.45, 2.75) is 19.0 Å². The van der Waals surface area contributed by atoms with E-state index in [0.717, 1.165) is 11.1 Å². The molecule has 1 aliphatic rings. The normalized spacial score (nSPS) is 27.2. The SMILES string of the molecule is C=C(C)C1C(c2ccccc2)N1S(=O)(=O)N(C)C. The molecule has 0 N–H and O–H groups in total. The second-order valence-electron chi connectivity index (χ2n) is 4.77. The topological polar surface area (TPSA) is 40.4 Å². The molecule has 0 aliphatic carbocycles. The molecule has 1 heterocycles. The van der Waals surface area contributed by atoms with Gasteiger partial charge in [-0.3, -0.25) is 0 Å². The molecule has 1 aromatic carbocycles. The number of hydrogen-bond donors (Lipinski definition) is 0. The van der Waals surface area contributed by atoms with Crippen molar-refractivity contribution in [1.82, 2.24) is 8.61 Å². The summed E-state index contributed by atoms with van der Waals surface area (Å²) in [5.41, 5.74) is 1.88. The number of benzene rings is 1. The van der Waals surface area contributed by atoms with Crippen molar-refractivity contribution in [3.8, 4) is 0 Å². The van der Waals surface area contributed by atoms with E-state index in [-0.39, 0.29) is 12.1 Å². The lowest BCUT2D eigenvalue weighted by Gasteiger charge is -2.13. The maximum atomic E-state index is 12.2. The van der Waals surface area contributed by atoms with E-state index in [1.165, 1.54) is 8.61 Å². The second kappa shape index (κ2) is 4.50. The molecule has 0 amide bonds. The number of hydrogen-bond acceptors (Lipinski definition) is 2. The first-order chi connectivity index (χ1) is 8.37. The zero-order valence-corrected chi connectivity index (χ0v) is 11.7. The smallest absolute Gasteiger partial charge is 0.195 e. The molecule has 0 radical (unpaired) electrons. The Hall–Kier alpha value is -1.17. The van der Waals surface area contributed by atoms with Crippen LogP contribution in [0.15, 0.2) is 42.5 Å². The van der Waals surface area contributed by atoms with Crippen molar-refractivity contribution >= 4 is 10.2 Å². The molecule has 3 unspecified atom stereocenters. The molecule has 0 aromatic heterocycles. The van der Waals surface area contributed by atoms with Gasteiger partial charge in [0.1, 0.15) is 0 Å². The monoisotopic (exact) mass is 266 g/mol. The molecular formula is C13H18N2O2S. The van der Waals surface area contributed by atoms with E-state index in [4.69, 9.17) is 0 Å². The predicted molar refractivity (Wildman–Crippen MR) is 72.2 cm³/mol. The lowest BCUT2D eigenvalue weighted by atomic mass is 10.1. The summed E-state index contributed by atoms with van der Waals surface area (Å²) >= 11 is 0. The molecule has 18 heavy (non-hydrogen) atoms. The fourth-order valence-electron chi connectivity index (χ4n) is 2.15. The summed E-state index contributed by atoms with van der Waals surface area (Å²) < 4.78 is 27.2. The van der Waals surface area contributed by atoms with Crippen molar-refractivity contribution in [3.05, 3.63) is 48.0 Å². The van der Waals surface area contributed by atoms with Crippen LogP contribution in [0.4, 0.5) is 0 Å². The molecule has 0 spiro atoms. The van der Waals surface area contributed by atoms with Crippen LogP contribution in [0.5, 0.6) is 0 Å². The first-order valence-corrected chi connectivity index (χ1v) is 7.18. The van der Waals surface area contributed by atoms with E-state index in [2.05, 4.69) is 6.58 Å². The average Bonchev–Trinajstić information content (AvgIpc) is 3.05. The van der Waals surface area contributed by atoms with Gasteiger partial charge in [0.15, 0.2) is 0 Å². The molecule has 0 saturated carbocycles. The van der Waals surface area contributed by atoms with Crippen molar-refractivity contribution in [1.29, 1.82) is 0 Å². The highest BCUT2D eigenvalue weighted by molar-refractivity contribution is 7.87. The summed E-state index contributed by atoms with van der Waals surface area (Å²) in [6.45, 7) is 5.76. The Bertz CT molecular complexity index is 552. The first kappa shape index (κ1) is 13.3. The number of nitrogens with zero attached hydrogens (tertiary/aromatic N) is 2. The van der Waals surface area contributed by atoms with Gasteiger partial charge in [0, 0.05) is 14.1 Å². The van der Waals surface area contributed by atoms with Crippen LogP contribution in [-0.2, 0) is 10.2 Å². The third-order valence-corrected chi connectivity index (χ3v) is 5.04. The highest BCUT2D eigenvalue weighted by atomic mass is 32.2. The minimum atomic E-state index is -3.39. The van der Waals surface area contributed by atoms with Crippen molar-refractivity contribution in [2.75, 3.05) is 14.1 Å². The van der Waals surface area contributed by atoms with E-state index >= 15 is 0 Å². The molecule has 1 aromatic rings. The highest BCUT2D eigenvalue weighted by Gasteiger charge is 2.56. The molecule has 5 heteroatoms. The summed E-state index contributed by atoms with van der Waals surface area (Å²) in [6, 6.07) is 9.42. The van der Waals surface area contributed by atoms with Crippen LogP contribution in [-0.4, -0.2) is 37.2 Å². The average molecular weight is 266 g/mol. The van der Waals surface area contributed by atoms with Gasteiger partial charge in [0.05, 0.1) is 12.1 Å². The lowest BCUT2D eigenvalue weighted by Crippen LogP contribution is -2.30. The van der Waals surface area contributed by atoms with Crippen LogP contribution in [0.25, 0.3) is 0 Å². The quantitative estimate of drug-likeness (QED) is 0.616. The summed E-state index contributed by atoms with van der Waals surface area (Å²) in [5.74, 6) is 0. The van der Waals surface area contributed by atoms with E-state index in [9.17, 15) is 8.42 Å². The lowest BCUT2D eigenvalue weighted by molar-refractivity contribution is 0.475. The maximum absolute atomic E-state index is 12.2. The predicted octanol–water partition coefficient (Wildman–Crippen LogP) is 1.79. The fourth-order valence-corrected chi connectivity index (χ4v) is 3.58. The summed E-state index contributed by atoms with van der Waals surface area (Å²) in [7, 11) is -0.296. The zero-order valence-electron chi connectivity index (χ0n) is 10.9. The van der Waals surface area contributed by atoms with Crippen molar-refractivity contribution in [3.63, 3.8) is 0 Å². The van der Waals surface area contributed by atoms with Gasteiger partial charge in [-0.05, 0) is 12.5 Å². The van der Waals surface area contributed by atoms with Crippen LogP contribution in [0.1, 0.15) is 18.5 Å². The summed E-state index contributed by atoms with van der Waals surface area (Å²) in [6.07, 6.45) is 0. The molecule has 4 nitrogen and oxygen atoms in total. The van der Waals surface area contributed by atoms with Crippen molar-refractivity contribution < 1.29 is 8.42 Å².